The van der Waals surface area contributed by atoms with Crippen molar-refractivity contribution >= 4 is 18.0 Å². The third-order valence-electron chi connectivity index (χ3n) is 7.69. The number of ether oxygens (including phenoxy) is 1. The van der Waals surface area contributed by atoms with E-state index in [0.717, 1.165) is 40.7 Å². The summed E-state index contributed by atoms with van der Waals surface area (Å²) in [6, 6.07) is 23.9. The normalized spacial score (nSPS) is 15.6. The van der Waals surface area contributed by atoms with E-state index in [1.54, 1.807) is 0 Å². The van der Waals surface area contributed by atoms with Gasteiger partial charge in [0.25, 0.3) is 0 Å². The zero-order valence-electron chi connectivity index (χ0n) is 22.8. The molecule has 8 nitrogen and oxygen atoms in total. The van der Waals surface area contributed by atoms with Gasteiger partial charge in [-0.15, -0.1) is 0 Å². The highest BCUT2D eigenvalue weighted by Gasteiger charge is 2.42. The van der Waals surface area contributed by atoms with Crippen LogP contribution in [0.5, 0.6) is 0 Å². The van der Waals surface area contributed by atoms with Crippen LogP contribution in [0.4, 0.5) is 4.79 Å². The second kappa shape index (κ2) is 11.9. The predicted molar refractivity (Wildman–Crippen MR) is 152 cm³/mol. The fourth-order valence-electron chi connectivity index (χ4n) is 5.58. The van der Waals surface area contributed by atoms with Crippen LogP contribution < -0.4 is 5.32 Å². The molecule has 0 aromatic heterocycles. The van der Waals surface area contributed by atoms with Gasteiger partial charge in [0.05, 0.1) is 0 Å². The van der Waals surface area contributed by atoms with E-state index in [2.05, 4.69) is 17.4 Å². The molecule has 0 heterocycles. The Morgan fingerprint density at radius 1 is 0.925 bits per heavy atom. The minimum atomic E-state index is -1.07. The first kappa shape index (κ1) is 27.4. The molecule has 40 heavy (non-hydrogen) atoms. The Labute approximate surface area is 234 Å². The van der Waals surface area contributed by atoms with Crippen molar-refractivity contribution < 1.29 is 24.2 Å². The molecule has 1 fully saturated rings. The van der Waals surface area contributed by atoms with E-state index in [9.17, 15) is 19.5 Å². The zero-order valence-corrected chi connectivity index (χ0v) is 22.8. The van der Waals surface area contributed by atoms with Crippen molar-refractivity contribution in [3.05, 3.63) is 95.6 Å². The Hall–Kier alpha value is -4.17. The summed E-state index contributed by atoms with van der Waals surface area (Å²) < 4.78 is 5.73. The number of aliphatic carboxylic acids is 1. The van der Waals surface area contributed by atoms with Gasteiger partial charge in [0, 0.05) is 25.0 Å². The van der Waals surface area contributed by atoms with Gasteiger partial charge in [0.2, 0.25) is 5.91 Å². The van der Waals surface area contributed by atoms with E-state index in [1.165, 1.54) is 11.8 Å². The number of amides is 2. The number of carbonyl (C=O) groups excluding carboxylic acids is 2. The van der Waals surface area contributed by atoms with Gasteiger partial charge in [0.1, 0.15) is 18.7 Å². The third kappa shape index (κ3) is 6.02. The highest BCUT2D eigenvalue weighted by molar-refractivity contribution is 5.90. The number of hydrogen-bond donors (Lipinski definition) is 2. The lowest BCUT2D eigenvalue weighted by Gasteiger charge is -2.32. The van der Waals surface area contributed by atoms with Crippen LogP contribution in [0, 0.1) is 0 Å². The molecule has 3 aromatic rings. The molecule has 208 valence electrons. The topological polar surface area (TPSA) is 99.2 Å². The van der Waals surface area contributed by atoms with Crippen molar-refractivity contribution in [3.63, 3.8) is 0 Å². The zero-order chi connectivity index (χ0) is 28.2. The summed E-state index contributed by atoms with van der Waals surface area (Å²) in [6.07, 6.45) is 0.800. The van der Waals surface area contributed by atoms with Gasteiger partial charge in [-0.3, -0.25) is 9.69 Å². The van der Waals surface area contributed by atoms with Crippen molar-refractivity contribution in [3.8, 4) is 11.1 Å². The summed E-state index contributed by atoms with van der Waals surface area (Å²) in [7, 11) is 1.87. The molecule has 8 heteroatoms. The molecule has 1 saturated carbocycles. The van der Waals surface area contributed by atoms with Crippen LogP contribution in [-0.2, 0) is 20.9 Å². The summed E-state index contributed by atoms with van der Waals surface area (Å²) in [6.45, 7) is 2.40. The van der Waals surface area contributed by atoms with Crippen LogP contribution in [0.2, 0.25) is 0 Å². The first-order chi connectivity index (χ1) is 19.3. The van der Waals surface area contributed by atoms with Gasteiger partial charge in [-0.25, -0.2) is 9.59 Å². The number of fused-ring (bicyclic) bond motifs is 3. The monoisotopic (exact) mass is 541 g/mol. The lowest BCUT2D eigenvalue weighted by atomic mass is 9.98. The summed E-state index contributed by atoms with van der Waals surface area (Å²) in [5.41, 5.74) is 5.52. The maximum absolute atomic E-state index is 13.7. The summed E-state index contributed by atoms with van der Waals surface area (Å²) in [5.74, 6) is -1.59. The van der Waals surface area contributed by atoms with Crippen molar-refractivity contribution in [2.45, 2.75) is 50.4 Å². The summed E-state index contributed by atoms with van der Waals surface area (Å²) in [5, 5.41) is 12.4. The SMILES string of the molecule is CC(C(=O)O)N(C(=O)C(CN(C)Cc1ccccc1)NC(=O)OCC1c2ccccc2-c2ccccc21)C1CC1. The molecule has 2 aliphatic carbocycles. The van der Waals surface area contributed by atoms with E-state index < -0.39 is 30.1 Å². The molecule has 0 radical (unpaired) electrons. The first-order valence-corrected chi connectivity index (χ1v) is 13.7. The van der Waals surface area contributed by atoms with Gasteiger partial charge in [-0.1, -0.05) is 78.9 Å². The molecule has 0 spiro atoms. The van der Waals surface area contributed by atoms with Crippen LogP contribution in [0.3, 0.4) is 0 Å². The van der Waals surface area contributed by atoms with Crippen LogP contribution in [0.15, 0.2) is 78.9 Å². The maximum Gasteiger partial charge on any atom is 0.407 e. The quantitative estimate of drug-likeness (QED) is 0.371. The van der Waals surface area contributed by atoms with E-state index in [-0.39, 0.29) is 25.1 Å². The van der Waals surface area contributed by atoms with E-state index in [4.69, 9.17) is 4.74 Å². The molecule has 3 aromatic carbocycles. The lowest BCUT2D eigenvalue weighted by Crippen LogP contribution is -2.57. The molecule has 2 N–H and O–H groups in total. The maximum atomic E-state index is 13.7. The summed E-state index contributed by atoms with van der Waals surface area (Å²) >= 11 is 0. The predicted octanol–water partition coefficient (Wildman–Crippen LogP) is 4.49. The largest absolute Gasteiger partial charge is 0.480 e. The number of nitrogens with zero attached hydrogens (tertiary/aromatic N) is 2. The van der Waals surface area contributed by atoms with Crippen molar-refractivity contribution in [2.24, 2.45) is 0 Å². The van der Waals surface area contributed by atoms with Gasteiger partial charge in [0.15, 0.2) is 0 Å². The fourth-order valence-corrected chi connectivity index (χ4v) is 5.58. The van der Waals surface area contributed by atoms with Crippen molar-refractivity contribution in [1.82, 2.24) is 15.1 Å². The number of carboxylic acid groups (broad SMARTS) is 1. The molecular formula is C32H35N3O5. The number of carbonyl (C=O) groups is 3. The second-order valence-corrected chi connectivity index (χ2v) is 10.7. The minimum Gasteiger partial charge on any atom is -0.480 e. The Balaban J connectivity index is 1.31. The number of rotatable bonds is 11. The number of likely N-dealkylation sites (N-methyl/N-ethyl adjacent to an activating group) is 1. The van der Waals surface area contributed by atoms with Crippen molar-refractivity contribution in [1.29, 1.82) is 0 Å². The average Bonchev–Trinajstić information content (AvgIpc) is 3.73. The average molecular weight is 542 g/mol. The van der Waals surface area contributed by atoms with Gasteiger partial charge in [-0.2, -0.15) is 0 Å². The van der Waals surface area contributed by atoms with E-state index in [1.807, 2.05) is 78.7 Å². The Morgan fingerprint density at radius 3 is 2.08 bits per heavy atom. The van der Waals surface area contributed by atoms with Crippen LogP contribution in [0.25, 0.3) is 11.1 Å². The number of carboxylic acids is 1. The number of benzene rings is 3. The Morgan fingerprint density at radius 2 is 1.50 bits per heavy atom. The number of alkyl carbamates (subject to hydrolysis) is 1. The van der Waals surface area contributed by atoms with Crippen LogP contribution in [-0.4, -0.2) is 71.2 Å². The molecule has 2 amide bonds. The first-order valence-electron chi connectivity index (χ1n) is 13.7. The molecule has 0 bridgehead atoms. The van der Waals surface area contributed by atoms with Crippen LogP contribution in [0.1, 0.15) is 42.4 Å². The standard InChI is InChI=1S/C32H35N3O5/c1-21(31(37)38)35(23-16-17-23)30(36)29(19-34(2)18-22-10-4-3-5-11-22)33-32(39)40-20-28-26-14-8-6-12-24(26)25-13-7-9-15-27(25)28/h3-15,21,23,28-29H,16-20H2,1-2H3,(H,33,39)(H,37,38). The van der Waals surface area contributed by atoms with Gasteiger partial charge >= 0.3 is 12.1 Å². The lowest BCUT2D eigenvalue weighted by molar-refractivity contribution is -0.151. The van der Waals surface area contributed by atoms with Gasteiger partial charge in [-0.05, 0) is 54.6 Å². The third-order valence-corrected chi connectivity index (χ3v) is 7.69. The van der Waals surface area contributed by atoms with Crippen molar-refractivity contribution in [2.75, 3.05) is 20.2 Å². The fraction of sp³-hybridized carbons (Fsp3) is 0.344. The van der Waals surface area contributed by atoms with Crippen LogP contribution >= 0.6 is 0 Å². The Bertz CT molecular complexity index is 1330. The Kier molecular flexibility index (Phi) is 8.16. The molecular weight excluding hydrogens is 506 g/mol. The minimum absolute atomic E-state index is 0.108. The molecule has 2 aliphatic rings. The smallest absolute Gasteiger partial charge is 0.407 e. The molecule has 2 unspecified atom stereocenters. The molecule has 2 atom stereocenters. The molecule has 5 rings (SSSR count). The van der Waals surface area contributed by atoms with E-state index in [0.29, 0.717) is 6.54 Å². The number of hydrogen-bond acceptors (Lipinski definition) is 5. The second-order valence-electron chi connectivity index (χ2n) is 10.7. The summed E-state index contributed by atoms with van der Waals surface area (Å²) in [4.78, 5) is 42.1. The highest BCUT2D eigenvalue weighted by Crippen LogP contribution is 2.44. The van der Waals surface area contributed by atoms with E-state index >= 15 is 0 Å². The number of nitrogens with one attached hydrogen (secondary N) is 1. The molecule has 0 aliphatic heterocycles. The highest BCUT2D eigenvalue weighted by atomic mass is 16.5. The molecule has 0 saturated heterocycles. The van der Waals surface area contributed by atoms with Gasteiger partial charge < -0.3 is 20.1 Å².